The number of alkyl halides is 1. The first-order valence-electron chi connectivity index (χ1n) is 4.20. The second kappa shape index (κ2) is 5.32. The number of nitrogens with zero attached hydrogens (tertiary/aromatic N) is 1. The number of anilines is 1. The molecule has 0 spiro atoms. The molecule has 14 heavy (non-hydrogen) atoms. The molecule has 0 aliphatic rings. The summed E-state index contributed by atoms with van der Waals surface area (Å²) in [5.41, 5.74) is 0.660. The van der Waals surface area contributed by atoms with E-state index in [0.717, 1.165) is 6.42 Å². The number of nitrogens with one attached hydrogen (secondary N) is 1. The van der Waals surface area contributed by atoms with Gasteiger partial charge in [0.15, 0.2) is 0 Å². The Morgan fingerprint density at radius 2 is 2.50 bits per heavy atom. The molecule has 0 saturated heterocycles. The zero-order valence-electron chi connectivity index (χ0n) is 7.63. The molecular formula is C9H10BrClN2O. The molecule has 1 rings (SSSR count). The first kappa shape index (κ1) is 11.5. The van der Waals surface area contributed by atoms with E-state index in [0.29, 0.717) is 10.8 Å². The molecule has 1 atom stereocenters. The quantitative estimate of drug-likeness (QED) is 0.682. The fourth-order valence-electron chi connectivity index (χ4n) is 0.886. The summed E-state index contributed by atoms with van der Waals surface area (Å²) in [6.07, 6.45) is 2.29. The number of rotatable bonds is 3. The van der Waals surface area contributed by atoms with Crippen molar-refractivity contribution in [2.45, 2.75) is 18.2 Å². The summed E-state index contributed by atoms with van der Waals surface area (Å²) < 4.78 is 0. The van der Waals surface area contributed by atoms with Crippen LogP contribution < -0.4 is 5.32 Å². The van der Waals surface area contributed by atoms with Gasteiger partial charge in [-0.2, -0.15) is 0 Å². The summed E-state index contributed by atoms with van der Waals surface area (Å²) in [6, 6.07) is 3.30. The van der Waals surface area contributed by atoms with Crippen LogP contribution in [0.4, 0.5) is 5.69 Å². The lowest BCUT2D eigenvalue weighted by molar-refractivity contribution is -0.115. The van der Waals surface area contributed by atoms with E-state index < -0.39 is 0 Å². The fraction of sp³-hybridized carbons (Fsp3) is 0.333. The summed E-state index contributed by atoms with van der Waals surface area (Å²) in [4.78, 5) is 15.1. The number of hydrogen-bond donors (Lipinski definition) is 1. The molecule has 1 unspecified atom stereocenters. The largest absolute Gasteiger partial charge is 0.325 e. The summed E-state index contributed by atoms with van der Waals surface area (Å²) in [7, 11) is 0. The number of amides is 1. The van der Waals surface area contributed by atoms with Crippen molar-refractivity contribution >= 4 is 39.1 Å². The van der Waals surface area contributed by atoms with Gasteiger partial charge in [0.1, 0.15) is 5.15 Å². The summed E-state index contributed by atoms with van der Waals surface area (Å²) in [5.74, 6) is -0.0743. The lowest BCUT2D eigenvalue weighted by atomic mass is 10.3. The van der Waals surface area contributed by atoms with Crippen LogP contribution in [-0.2, 0) is 4.79 Å². The number of carbonyl (C=O) groups excluding carboxylic acids is 1. The number of carbonyl (C=O) groups is 1. The summed E-state index contributed by atoms with van der Waals surface area (Å²) in [5, 5.41) is 3.09. The van der Waals surface area contributed by atoms with Gasteiger partial charge in [0.25, 0.3) is 0 Å². The van der Waals surface area contributed by atoms with E-state index in [9.17, 15) is 4.79 Å². The smallest absolute Gasteiger partial charge is 0.238 e. The van der Waals surface area contributed by atoms with Crippen molar-refractivity contribution in [1.29, 1.82) is 0 Å². The van der Waals surface area contributed by atoms with E-state index in [-0.39, 0.29) is 10.7 Å². The topological polar surface area (TPSA) is 42.0 Å². The summed E-state index contributed by atoms with van der Waals surface area (Å²) >= 11 is 8.93. The van der Waals surface area contributed by atoms with Gasteiger partial charge in [-0.25, -0.2) is 4.98 Å². The van der Waals surface area contributed by atoms with Gasteiger partial charge in [0.05, 0.1) is 4.83 Å². The molecule has 1 aromatic heterocycles. The molecule has 1 N–H and O–H groups in total. The SMILES string of the molecule is CCC(Br)C(=O)Nc1ccnc(Cl)c1. The highest BCUT2D eigenvalue weighted by atomic mass is 79.9. The first-order valence-corrected chi connectivity index (χ1v) is 5.49. The van der Waals surface area contributed by atoms with E-state index in [2.05, 4.69) is 26.2 Å². The number of aromatic nitrogens is 1. The van der Waals surface area contributed by atoms with Crippen LogP contribution in [0.15, 0.2) is 18.3 Å². The predicted octanol–water partition coefficient (Wildman–Crippen LogP) is 2.85. The Labute approximate surface area is 96.0 Å². The van der Waals surface area contributed by atoms with Crippen molar-refractivity contribution in [2.24, 2.45) is 0 Å². The summed E-state index contributed by atoms with van der Waals surface area (Å²) in [6.45, 7) is 1.93. The maximum Gasteiger partial charge on any atom is 0.238 e. The van der Waals surface area contributed by atoms with Crippen LogP contribution >= 0.6 is 27.5 Å². The van der Waals surface area contributed by atoms with E-state index in [1.807, 2.05) is 6.92 Å². The normalized spacial score (nSPS) is 12.2. The molecule has 0 aromatic carbocycles. The molecular weight excluding hydrogens is 267 g/mol. The fourth-order valence-corrected chi connectivity index (χ4v) is 1.17. The van der Waals surface area contributed by atoms with E-state index in [1.165, 1.54) is 0 Å². The van der Waals surface area contributed by atoms with Gasteiger partial charge >= 0.3 is 0 Å². The molecule has 1 aromatic rings. The third-order valence-corrected chi connectivity index (χ3v) is 2.91. The maximum absolute atomic E-state index is 11.4. The van der Waals surface area contributed by atoms with E-state index in [4.69, 9.17) is 11.6 Å². The molecule has 3 nitrogen and oxygen atoms in total. The van der Waals surface area contributed by atoms with Crippen molar-refractivity contribution < 1.29 is 4.79 Å². The van der Waals surface area contributed by atoms with Crippen LogP contribution in [0.5, 0.6) is 0 Å². The van der Waals surface area contributed by atoms with Crippen molar-refractivity contribution in [3.05, 3.63) is 23.5 Å². The van der Waals surface area contributed by atoms with Crippen LogP contribution in [-0.4, -0.2) is 15.7 Å². The molecule has 0 fully saturated rings. The minimum Gasteiger partial charge on any atom is -0.325 e. The highest BCUT2D eigenvalue weighted by Crippen LogP contribution is 2.14. The predicted molar refractivity (Wildman–Crippen MR) is 60.9 cm³/mol. The zero-order valence-corrected chi connectivity index (χ0v) is 9.97. The highest BCUT2D eigenvalue weighted by Gasteiger charge is 2.12. The van der Waals surface area contributed by atoms with Crippen molar-refractivity contribution in [2.75, 3.05) is 5.32 Å². The Morgan fingerprint density at radius 1 is 1.79 bits per heavy atom. The lowest BCUT2D eigenvalue weighted by Gasteiger charge is -2.08. The van der Waals surface area contributed by atoms with Crippen molar-refractivity contribution in [3.8, 4) is 0 Å². The molecule has 1 amide bonds. The third-order valence-electron chi connectivity index (χ3n) is 1.64. The molecule has 1 heterocycles. The van der Waals surface area contributed by atoms with E-state index in [1.54, 1.807) is 18.3 Å². The minimum absolute atomic E-state index is 0.0743. The maximum atomic E-state index is 11.4. The third kappa shape index (κ3) is 3.27. The standard InChI is InChI=1S/C9H10BrClN2O/c1-2-7(10)9(14)13-6-3-4-12-8(11)5-6/h3-5,7H,2H2,1H3,(H,12,13,14). The van der Waals surface area contributed by atoms with Crippen molar-refractivity contribution in [3.63, 3.8) is 0 Å². The zero-order chi connectivity index (χ0) is 10.6. The monoisotopic (exact) mass is 276 g/mol. The molecule has 0 radical (unpaired) electrons. The first-order chi connectivity index (χ1) is 6.63. The Morgan fingerprint density at radius 3 is 3.07 bits per heavy atom. The van der Waals surface area contributed by atoms with Crippen LogP contribution in [0, 0.1) is 0 Å². The Balaban J connectivity index is 2.65. The molecule has 0 aliphatic heterocycles. The molecule has 5 heteroatoms. The molecule has 0 aliphatic carbocycles. The molecule has 0 bridgehead atoms. The van der Waals surface area contributed by atoms with Gasteiger partial charge in [-0.3, -0.25) is 4.79 Å². The number of pyridine rings is 1. The van der Waals surface area contributed by atoms with Gasteiger partial charge in [-0.05, 0) is 18.6 Å². The van der Waals surface area contributed by atoms with Crippen molar-refractivity contribution in [1.82, 2.24) is 4.98 Å². The minimum atomic E-state index is -0.172. The van der Waals surface area contributed by atoms with Crippen LogP contribution in [0.1, 0.15) is 13.3 Å². The molecule has 76 valence electrons. The number of halogens is 2. The Bertz CT molecular complexity index is 332. The Hall–Kier alpha value is -0.610. The second-order valence-electron chi connectivity index (χ2n) is 2.73. The van der Waals surface area contributed by atoms with E-state index >= 15 is 0 Å². The average molecular weight is 278 g/mol. The second-order valence-corrected chi connectivity index (χ2v) is 4.22. The lowest BCUT2D eigenvalue weighted by Crippen LogP contribution is -2.21. The number of hydrogen-bond acceptors (Lipinski definition) is 2. The van der Waals surface area contributed by atoms with Crippen LogP contribution in [0.3, 0.4) is 0 Å². The van der Waals surface area contributed by atoms with Gasteiger partial charge in [0, 0.05) is 11.9 Å². The van der Waals surface area contributed by atoms with Crippen LogP contribution in [0.2, 0.25) is 5.15 Å². The van der Waals surface area contributed by atoms with Gasteiger partial charge < -0.3 is 5.32 Å². The highest BCUT2D eigenvalue weighted by molar-refractivity contribution is 9.10. The van der Waals surface area contributed by atoms with Crippen LogP contribution in [0.25, 0.3) is 0 Å². The van der Waals surface area contributed by atoms with Gasteiger partial charge in [-0.15, -0.1) is 0 Å². The van der Waals surface area contributed by atoms with Gasteiger partial charge in [0.2, 0.25) is 5.91 Å². The molecule has 0 saturated carbocycles. The Kier molecular flexibility index (Phi) is 4.35. The average Bonchev–Trinajstić information content (AvgIpc) is 2.16. The van der Waals surface area contributed by atoms with Gasteiger partial charge in [-0.1, -0.05) is 34.5 Å².